The minimum atomic E-state index is -1.60. The van der Waals surface area contributed by atoms with Gasteiger partial charge in [0.05, 0.1) is 6.10 Å². The van der Waals surface area contributed by atoms with E-state index in [2.05, 4.69) is 24.1 Å². The molecule has 5 heteroatoms. The van der Waals surface area contributed by atoms with Crippen LogP contribution in [0, 0.1) is 23.2 Å². The van der Waals surface area contributed by atoms with Gasteiger partial charge in [-0.05, 0) is 104 Å². The summed E-state index contributed by atoms with van der Waals surface area (Å²) in [5.41, 5.74) is -1.23. The average Bonchev–Trinajstić information content (AvgIpc) is 3.09. The number of nitrogens with one attached hydrogen (secondary N) is 1. The van der Waals surface area contributed by atoms with Crippen molar-refractivity contribution in [3.8, 4) is 0 Å². The highest BCUT2D eigenvalue weighted by molar-refractivity contribution is 5.86. The summed E-state index contributed by atoms with van der Waals surface area (Å²) in [6, 6.07) is 7.90. The topological polar surface area (TPSA) is 73.3 Å². The molecule has 6 rings (SSSR count). The molecule has 3 fully saturated rings. The van der Waals surface area contributed by atoms with Crippen molar-refractivity contribution < 1.29 is 14.6 Å². The SMILES string of the molecule is CC12CCC3(F)CC4CC(O)CCC4CC[C@]3(O)C1CC=C2c1ccc2cc[nH]c(=O)c2c1. The number of aromatic nitrogens is 1. The van der Waals surface area contributed by atoms with Crippen LogP contribution in [0.1, 0.15) is 70.3 Å². The molecule has 3 N–H and O–H groups in total. The van der Waals surface area contributed by atoms with Crippen LogP contribution in [0.5, 0.6) is 0 Å². The molecule has 3 saturated carbocycles. The number of aromatic amines is 1. The number of alkyl halides is 1. The van der Waals surface area contributed by atoms with Crippen molar-refractivity contribution in [3.05, 3.63) is 52.5 Å². The summed E-state index contributed by atoms with van der Waals surface area (Å²) >= 11 is 0. The van der Waals surface area contributed by atoms with Gasteiger partial charge in [0.2, 0.25) is 0 Å². The van der Waals surface area contributed by atoms with Gasteiger partial charge in [-0.15, -0.1) is 0 Å². The van der Waals surface area contributed by atoms with Gasteiger partial charge >= 0.3 is 0 Å². The van der Waals surface area contributed by atoms with Crippen LogP contribution in [0.3, 0.4) is 0 Å². The lowest BCUT2D eigenvalue weighted by Crippen LogP contribution is -2.62. The van der Waals surface area contributed by atoms with Crippen molar-refractivity contribution in [2.75, 3.05) is 0 Å². The number of fused-ring (bicyclic) bond motifs is 5. The zero-order chi connectivity index (χ0) is 23.0. The first-order chi connectivity index (χ1) is 15.7. The first-order valence-corrected chi connectivity index (χ1v) is 12.7. The molecular formula is C28H34FNO3. The Morgan fingerprint density at radius 2 is 1.94 bits per heavy atom. The fraction of sp³-hybridized carbons (Fsp3) is 0.607. The second-order valence-electron chi connectivity index (χ2n) is 11.6. The number of pyridine rings is 1. The smallest absolute Gasteiger partial charge is 0.255 e. The van der Waals surface area contributed by atoms with Gasteiger partial charge in [-0.2, -0.15) is 0 Å². The molecule has 4 nitrogen and oxygen atoms in total. The van der Waals surface area contributed by atoms with Gasteiger partial charge in [0, 0.05) is 17.5 Å². The third-order valence-corrected chi connectivity index (χ3v) is 10.0. The van der Waals surface area contributed by atoms with E-state index in [9.17, 15) is 15.0 Å². The molecule has 0 bridgehead atoms. The first-order valence-electron chi connectivity index (χ1n) is 12.7. The van der Waals surface area contributed by atoms with Crippen molar-refractivity contribution in [1.82, 2.24) is 4.98 Å². The Morgan fingerprint density at radius 1 is 1.09 bits per heavy atom. The van der Waals surface area contributed by atoms with Crippen LogP contribution in [-0.2, 0) is 0 Å². The van der Waals surface area contributed by atoms with E-state index in [1.165, 1.54) is 0 Å². The third-order valence-electron chi connectivity index (χ3n) is 10.0. The monoisotopic (exact) mass is 451 g/mol. The molecule has 0 radical (unpaired) electrons. The zero-order valence-corrected chi connectivity index (χ0v) is 19.3. The quantitative estimate of drug-likeness (QED) is 0.563. The molecule has 6 unspecified atom stereocenters. The predicted octanol–water partition coefficient (Wildman–Crippen LogP) is 5.13. The number of aliphatic hydroxyl groups is 2. The fourth-order valence-electron chi connectivity index (χ4n) is 8.16. The van der Waals surface area contributed by atoms with E-state index in [0.29, 0.717) is 49.8 Å². The molecule has 1 heterocycles. The molecule has 1 aromatic heterocycles. The number of hydrogen-bond acceptors (Lipinski definition) is 3. The number of halogens is 1. The summed E-state index contributed by atoms with van der Waals surface area (Å²) in [4.78, 5) is 15.1. The highest BCUT2D eigenvalue weighted by Gasteiger charge is 2.66. The van der Waals surface area contributed by atoms with Crippen molar-refractivity contribution >= 4 is 16.3 Å². The number of benzene rings is 1. The van der Waals surface area contributed by atoms with Crippen LogP contribution in [0.25, 0.3) is 16.3 Å². The minimum Gasteiger partial charge on any atom is -0.393 e. The van der Waals surface area contributed by atoms with Crippen LogP contribution >= 0.6 is 0 Å². The van der Waals surface area contributed by atoms with Crippen LogP contribution < -0.4 is 5.56 Å². The molecule has 0 aliphatic heterocycles. The summed E-state index contributed by atoms with van der Waals surface area (Å²) in [7, 11) is 0. The second-order valence-corrected chi connectivity index (χ2v) is 11.6. The number of rotatable bonds is 1. The zero-order valence-electron chi connectivity index (χ0n) is 19.3. The Morgan fingerprint density at radius 3 is 2.79 bits per heavy atom. The Balaban J connectivity index is 1.36. The maximum Gasteiger partial charge on any atom is 0.255 e. The third kappa shape index (κ3) is 3.04. The number of H-pyrrole nitrogens is 1. The Hall–Kier alpha value is -1.98. The Bertz CT molecular complexity index is 1190. The first kappa shape index (κ1) is 21.5. The second kappa shape index (κ2) is 7.26. The van der Waals surface area contributed by atoms with E-state index < -0.39 is 11.3 Å². The summed E-state index contributed by atoms with van der Waals surface area (Å²) in [5.74, 6) is 0.398. The molecule has 0 amide bonds. The van der Waals surface area contributed by atoms with E-state index >= 15 is 4.39 Å². The summed E-state index contributed by atoms with van der Waals surface area (Å²) in [6.07, 6.45) is 9.34. The predicted molar refractivity (Wildman–Crippen MR) is 127 cm³/mol. The molecule has 0 spiro atoms. The summed E-state index contributed by atoms with van der Waals surface area (Å²) < 4.78 is 16.8. The molecule has 33 heavy (non-hydrogen) atoms. The normalized spacial score (nSPS) is 42.7. The van der Waals surface area contributed by atoms with Crippen LogP contribution in [0.15, 0.2) is 41.3 Å². The van der Waals surface area contributed by atoms with Crippen molar-refractivity contribution in [1.29, 1.82) is 0 Å². The molecule has 2 aromatic rings. The Kier molecular flexibility index (Phi) is 4.74. The molecule has 7 atom stereocenters. The van der Waals surface area contributed by atoms with Gasteiger partial charge in [0.15, 0.2) is 0 Å². The largest absolute Gasteiger partial charge is 0.393 e. The van der Waals surface area contributed by atoms with Gasteiger partial charge in [-0.1, -0.05) is 25.1 Å². The van der Waals surface area contributed by atoms with E-state index in [-0.39, 0.29) is 28.9 Å². The molecular weight excluding hydrogens is 417 g/mol. The van der Waals surface area contributed by atoms with Gasteiger partial charge in [0.25, 0.3) is 5.56 Å². The van der Waals surface area contributed by atoms with Crippen LogP contribution in [-0.4, -0.2) is 32.6 Å². The van der Waals surface area contributed by atoms with Gasteiger partial charge < -0.3 is 15.2 Å². The maximum atomic E-state index is 16.8. The van der Waals surface area contributed by atoms with Gasteiger partial charge in [0.1, 0.15) is 11.3 Å². The lowest BCUT2D eigenvalue weighted by atomic mass is 9.53. The standard InChI is InChI=1S/C28H34FNO3/c1-26-11-12-27(29)16-20-14-21(31)5-4-17(20)8-10-28(27,33)24(26)7-6-23(26)19-3-2-18-9-13-30-25(32)22(18)15-19/h2-3,6,9,13,15,17,20-21,24,31,33H,4-5,7-8,10-12,14,16H2,1H3,(H,30,32)/t17?,20?,21?,24?,26?,27?,28-/m0/s1. The van der Waals surface area contributed by atoms with Crippen molar-refractivity contribution in [3.63, 3.8) is 0 Å². The highest BCUT2D eigenvalue weighted by atomic mass is 19.1. The minimum absolute atomic E-state index is 0.103. The summed E-state index contributed by atoms with van der Waals surface area (Å²) in [5, 5.41) is 23.9. The number of aliphatic hydroxyl groups excluding tert-OH is 1. The molecule has 4 aliphatic carbocycles. The molecule has 1 aromatic carbocycles. The average molecular weight is 452 g/mol. The van der Waals surface area contributed by atoms with E-state index in [0.717, 1.165) is 35.8 Å². The van der Waals surface area contributed by atoms with Crippen molar-refractivity contribution in [2.24, 2.45) is 23.2 Å². The molecule has 176 valence electrons. The fourth-order valence-corrected chi connectivity index (χ4v) is 8.16. The lowest BCUT2D eigenvalue weighted by molar-refractivity contribution is -0.195. The van der Waals surface area contributed by atoms with Crippen LogP contribution in [0.2, 0.25) is 0 Å². The van der Waals surface area contributed by atoms with E-state index in [4.69, 9.17) is 0 Å². The highest BCUT2D eigenvalue weighted by Crippen LogP contribution is 2.66. The molecule has 4 aliphatic rings. The van der Waals surface area contributed by atoms with Crippen LogP contribution in [0.4, 0.5) is 4.39 Å². The van der Waals surface area contributed by atoms with Gasteiger partial charge in [-0.3, -0.25) is 4.79 Å². The maximum absolute atomic E-state index is 16.8. The Labute approximate surface area is 193 Å². The van der Waals surface area contributed by atoms with E-state index in [1.807, 2.05) is 18.2 Å². The number of hydrogen-bond donors (Lipinski definition) is 3. The summed E-state index contributed by atoms with van der Waals surface area (Å²) in [6.45, 7) is 2.19. The number of allylic oxidation sites excluding steroid dienone is 2. The molecule has 0 saturated heterocycles. The van der Waals surface area contributed by atoms with Crippen molar-refractivity contribution in [2.45, 2.75) is 82.1 Å². The van der Waals surface area contributed by atoms with E-state index in [1.54, 1.807) is 6.20 Å². The van der Waals surface area contributed by atoms with Gasteiger partial charge in [-0.25, -0.2) is 4.39 Å². The lowest BCUT2D eigenvalue weighted by Gasteiger charge is -2.56.